The summed E-state index contributed by atoms with van der Waals surface area (Å²) in [6.45, 7) is 16.0. The predicted molar refractivity (Wildman–Crippen MR) is 536 cm³/mol. The molecule has 0 bridgehead atoms. The lowest BCUT2D eigenvalue weighted by atomic mass is 10.2. The molecule has 12 rings (SSSR count). The zero-order valence-electron chi connectivity index (χ0n) is 79.5. The van der Waals surface area contributed by atoms with E-state index in [1.165, 1.54) is 44.3 Å². The lowest BCUT2D eigenvalue weighted by molar-refractivity contribution is -0.138. The second kappa shape index (κ2) is 63.6. The summed E-state index contributed by atoms with van der Waals surface area (Å²) in [5.74, 6) is -16.0. The van der Waals surface area contributed by atoms with Crippen molar-refractivity contribution in [2.75, 3.05) is 20.4 Å². The summed E-state index contributed by atoms with van der Waals surface area (Å²) in [7, 11) is -0.918. The minimum absolute atomic E-state index is 0. The molecule has 0 radical (unpaired) electrons. The Morgan fingerprint density at radius 1 is 0.453 bits per heavy atom. The van der Waals surface area contributed by atoms with Crippen molar-refractivity contribution in [2.24, 2.45) is 16.6 Å². The van der Waals surface area contributed by atoms with Crippen molar-refractivity contribution in [3.05, 3.63) is 316 Å². The smallest absolute Gasteiger partial charge is 0.416 e. The summed E-state index contributed by atoms with van der Waals surface area (Å²) in [5.41, 5.74) is 5.83. The van der Waals surface area contributed by atoms with Crippen LogP contribution < -0.4 is 45.6 Å². The van der Waals surface area contributed by atoms with Gasteiger partial charge in [-0.3, -0.25) is 23.9 Å². The SMILES string of the molecule is CC(C)(C)S(=O)NCc1cc(F)c(Oc2cc(Br)cc(C(F)(F)F)c2)cc1F.CC(C)(C)S(N)=O.CCOC(=O)C(N)=S.CCOC(=O)c1ncns1.CF.Cc1cc(O)cc(Br)c1.Cl.NCc1cc(F)c(Oc2cc(Br)cc(C(F)(F)F)c2)cc1F.O=C(NCc1cc(F)c(Oc2cc(Br)cc(C(F)(F)F)c2)cc1F)c1ncns1.O=Cc1cc(F)c(F)cc1F.O=Cc1cc(F)c(Oc2cc(Br)cc(C(F)(F)F)c2)cc1F.[2H]C. The highest BCUT2D eigenvalue weighted by Crippen LogP contribution is 2.42. The maximum Gasteiger partial charge on any atom is 0.416 e. The van der Waals surface area contributed by atoms with E-state index >= 15 is 0 Å². The Bertz CT molecular complexity index is 6530. The first-order chi connectivity index (χ1) is 69.6. The normalized spacial score (nSPS) is 11.3. The maximum atomic E-state index is 14.3. The lowest BCUT2D eigenvalue weighted by Crippen LogP contribution is -2.33. The number of phenols is 1. The Labute approximate surface area is 907 Å². The van der Waals surface area contributed by atoms with E-state index in [1.54, 1.807) is 46.8 Å². The number of aryl methyl sites for hydroxylation is 1. The number of phenolic OH excluding ortho intramolecular Hbond substituents is 1. The molecule has 0 aliphatic carbocycles. The maximum absolute atomic E-state index is 14.3. The molecule has 150 heavy (non-hydrogen) atoms. The molecule has 2 unspecified atom stereocenters. The summed E-state index contributed by atoms with van der Waals surface area (Å²) in [6.07, 6.45) is -15.7. The van der Waals surface area contributed by atoms with Gasteiger partial charge in [0.25, 0.3) is 5.91 Å². The zero-order valence-corrected chi connectivity index (χ0v) is 91.3. The Morgan fingerprint density at radius 3 is 1.07 bits per heavy atom. The topological polar surface area (TPSA) is 349 Å². The second-order valence-electron chi connectivity index (χ2n) is 29.8. The third-order valence-electron chi connectivity index (χ3n) is 16.4. The van der Waals surface area contributed by atoms with Gasteiger partial charge in [0.15, 0.2) is 75.5 Å². The monoisotopic (exact) mass is 2580 g/mol. The van der Waals surface area contributed by atoms with Crippen molar-refractivity contribution in [2.45, 2.75) is 124 Å². The lowest BCUT2D eigenvalue weighted by Gasteiger charge is -2.18. The number of amides is 1. The van der Waals surface area contributed by atoms with E-state index in [1.807, 2.05) is 33.8 Å². The minimum atomic E-state index is -4.64. The van der Waals surface area contributed by atoms with E-state index in [0.29, 0.717) is 85.7 Å². The number of nitrogens with two attached hydrogens (primary N) is 3. The van der Waals surface area contributed by atoms with Crippen molar-refractivity contribution in [3.8, 4) is 51.7 Å². The fraction of sp³-hybridized carbons (Fsp3) is 0.239. The van der Waals surface area contributed by atoms with Crippen LogP contribution in [0.5, 0.6) is 51.7 Å². The summed E-state index contributed by atoms with van der Waals surface area (Å²) < 4.78 is 379. The van der Waals surface area contributed by atoms with Gasteiger partial charge in [-0.1, -0.05) is 99.3 Å². The van der Waals surface area contributed by atoms with Crippen molar-refractivity contribution in [1.29, 1.82) is 0 Å². The molecule has 2 atom stereocenters. The first-order valence-corrected chi connectivity index (χ1v) is 48.4. The van der Waals surface area contributed by atoms with Crippen molar-refractivity contribution < 1.29 is 173 Å². The number of rotatable bonds is 20. The molecule has 23 nitrogen and oxygen atoms in total. The fourth-order valence-electron chi connectivity index (χ4n) is 9.62. The van der Waals surface area contributed by atoms with Crippen LogP contribution in [0.2, 0.25) is 0 Å². The van der Waals surface area contributed by atoms with Gasteiger partial charge >= 0.3 is 36.6 Å². The van der Waals surface area contributed by atoms with E-state index in [4.69, 9.17) is 42.0 Å². The number of benzene rings is 10. The van der Waals surface area contributed by atoms with Crippen LogP contribution in [0.1, 0.15) is 149 Å². The van der Waals surface area contributed by atoms with E-state index in [2.05, 4.69) is 130 Å². The van der Waals surface area contributed by atoms with Crippen LogP contribution in [0, 0.1) is 70.9 Å². The summed E-state index contributed by atoms with van der Waals surface area (Å²) in [6, 6.07) is 22.8. The van der Waals surface area contributed by atoms with Gasteiger partial charge < -0.3 is 50.3 Å². The van der Waals surface area contributed by atoms with Gasteiger partial charge in [-0.2, -0.15) is 61.4 Å². The minimum Gasteiger partial charge on any atom is -0.508 e. The Morgan fingerprint density at radius 2 is 0.767 bits per heavy atom. The van der Waals surface area contributed by atoms with Crippen molar-refractivity contribution >= 4 is 185 Å². The Kier molecular flexibility index (Phi) is 57.3. The highest BCUT2D eigenvalue weighted by Gasteiger charge is 2.36. The van der Waals surface area contributed by atoms with Gasteiger partial charge in [-0.15, -0.1) is 12.4 Å². The largest absolute Gasteiger partial charge is 0.508 e. The van der Waals surface area contributed by atoms with Crippen LogP contribution in [0.4, 0.5) is 105 Å². The molecule has 9 N–H and O–H groups in total. The van der Waals surface area contributed by atoms with Gasteiger partial charge in [0, 0.05) is 90.4 Å². The quantitative estimate of drug-likeness (QED) is 0.0136. The summed E-state index contributed by atoms with van der Waals surface area (Å²) in [4.78, 5) is 60.4. The van der Waals surface area contributed by atoms with Crippen LogP contribution >= 0.6 is 127 Å². The number of aldehydes is 2. The Hall–Kier alpha value is -10.9. The number of hydrogen-bond donors (Lipinski definition) is 6. The number of ether oxygens (including phenoxy) is 6. The van der Waals surface area contributed by atoms with Gasteiger partial charge in [-0.25, -0.2) is 81.0 Å². The molecule has 12 aromatic rings. The number of thiocarbonyl (C=S) groups is 1. The van der Waals surface area contributed by atoms with Crippen LogP contribution in [-0.2, 0) is 80.6 Å². The number of hydrogen-bond acceptors (Lipinski definition) is 22. The molecular weight excluding hydrogens is 2510 g/mol. The predicted octanol–water partition coefficient (Wildman–Crippen LogP) is 28.7. The second-order valence-corrected chi connectivity index (χ2v) is 40.3. The van der Waals surface area contributed by atoms with E-state index < -0.39 is 190 Å². The summed E-state index contributed by atoms with van der Waals surface area (Å²) in [5, 5.41) is 16.7. The van der Waals surface area contributed by atoms with Gasteiger partial charge in [0.1, 0.15) is 70.5 Å². The molecule has 2 aromatic heterocycles. The highest BCUT2D eigenvalue weighted by atomic mass is 79.9. The van der Waals surface area contributed by atoms with E-state index in [9.17, 15) is 138 Å². The van der Waals surface area contributed by atoms with Crippen LogP contribution in [0.3, 0.4) is 0 Å². The number of alkyl halides is 13. The average Bonchev–Trinajstić information content (AvgIpc) is 1.05. The van der Waals surface area contributed by atoms with Crippen molar-refractivity contribution in [3.63, 3.8) is 0 Å². The first kappa shape index (κ1) is 135. The number of nitrogens with one attached hydrogen (secondary N) is 2. The van der Waals surface area contributed by atoms with E-state index in [0.717, 1.165) is 87.7 Å². The first-order valence-electron chi connectivity index (χ1n) is 41.1. The fourth-order valence-corrected chi connectivity index (χ4v) is 13.7. The number of carbonyl (C=O) groups excluding carboxylic acids is 5. The molecule has 10 aromatic carbocycles. The molecule has 0 spiro atoms. The number of aromatic hydroxyl groups is 1. The molecule has 820 valence electrons. The number of esters is 2. The summed E-state index contributed by atoms with van der Waals surface area (Å²) >= 11 is 21.0. The Balaban J connectivity index is 0.000000878. The van der Waals surface area contributed by atoms with Gasteiger partial charge in [0.2, 0.25) is 10.0 Å². The van der Waals surface area contributed by atoms with Crippen LogP contribution in [0.15, 0.2) is 187 Å². The van der Waals surface area contributed by atoms with Gasteiger partial charge in [0.05, 0.1) is 85.2 Å². The molecule has 2 heterocycles. The molecule has 0 aliphatic rings. The van der Waals surface area contributed by atoms with Crippen LogP contribution in [0.25, 0.3) is 0 Å². The third kappa shape index (κ3) is 48.4. The molecule has 0 saturated heterocycles. The molecule has 0 aliphatic heterocycles. The molecule has 0 fully saturated rings. The molecule has 0 saturated carbocycles. The zero-order chi connectivity index (χ0) is 115. The molecule has 58 heteroatoms. The van der Waals surface area contributed by atoms with Crippen molar-refractivity contribution in [1.82, 2.24) is 28.8 Å². The average molecular weight is 2590 g/mol. The number of halogens is 30. The molecular formula is C92H83Br5ClF24N9O14S5. The van der Waals surface area contributed by atoms with E-state index in [-0.39, 0.29) is 117 Å². The third-order valence-corrected chi connectivity index (χ3v) is 22.9. The number of aromatic nitrogens is 4. The van der Waals surface area contributed by atoms with Crippen LogP contribution in [-0.4, -0.2) is 97.5 Å². The number of nitrogens with zero attached hydrogens (tertiary/aromatic N) is 4. The standard InChI is InChI=1S/C18H17BrF5NO2S.C17H9BrF5N3O2S.C14H9BrF5NO.C14H6BrF5O2.C7H7BrO.C7H3F3O.C5H6N2O2S.C4H7NO2S.C4H11NOS.CH3F.CH4.ClH/c1-17(2,3)28(26)25-9-10-4-15(21)16(8-14(10)20)27-13-6-11(18(22,23)24)5-12(19)7-13;18-10-2-9(17(21,22)23)3-11(4-10)28-14-5-12(19)8(1-13(14)20)6-24-15(27)16-25-7-26-29-16;2*15-9-2-8(14(18,19)20)3-10(4-9)22-13-5-11(16)7(6-21)1-12(13)17;1-5-2-6(8)4-7(9)3-5;8-5-2-7(10)6(9)1-4(5)3-11;1-2-9-5(8)4-6-3-7-10-4;1-2-7-4(6)3(5)8;1-4(2,3)7(5)6;1-2;;/h4-8,25H,9H2,1-3H3;1-5,7H,6H2,(H,24,27);1-5H,6,21H2;1-6H;2-4,9H,1H3;1-3H;3H,2H2,1H3;2H2,1H3,(H2,5,8);5H2,1-3H3;1H3;1H4;1H/i;;;;;;;;;;1D;. The highest BCUT2D eigenvalue weighted by molar-refractivity contribution is 9.11. The number of carbonyl (C=O) groups is 5. The molecule has 1 amide bonds. The van der Waals surface area contributed by atoms with Gasteiger partial charge in [-0.05, 0) is 212 Å².